The van der Waals surface area contributed by atoms with E-state index in [4.69, 9.17) is 11.6 Å². The number of carbonyl (C=O) groups is 2. The number of amides is 2. The van der Waals surface area contributed by atoms with E-state index in [1.807, 2.05) is 18.2 Å². The minimum absolute atomic E-state index is 0.0238. The first-order valence-electron chi connectivity index (χ1n) is 8.51. The lowest BCUT2D eigenvalue weighted by atomic mass is 10.1. The first kappa shape index (κ1) is 17.5. The third-order valence-electron chi connectivity index (χ3n) is 4.36. The third kappa shape index (κ3) is 5.07. The Labute approximate surface area is 152 Å². The van der Waals surface area contributed by atoms with Gasteiger partial charge in [0.05, 0.1) is 11.8 Å². The minimum atomic E-state index is -0.232. The van der Waals surface area contributed by atoms with Gasteiger partial charge in [-0.25, -0.2) is 0 Å². The van der Waals surface area contributed by atoms with Crippen LogP contribution in [0.15, 0.2) is 54.6 Å². The topological polar surface area (TPSA) is 58.2 Å². The molecule has 2 N–H and O–H groups in total. The van der Waals surface area contributed by atoms with Crippen LogP contribution in [0.2, 0.25) is 5.02 Å². The summed E-state index contributed by atoms with van der Waals surface area (Å²) in [5.41, 5.74) is 1.96. The summed E-state index contributed by atoms with van der Waals surface area (Å²) in [6.07, 6.45) is 2.44. The molecule has 4 nitrogen and oxygen atoms in total. The van der Waals surface area contributed by atoms with Crippen molar-refractivity contribution in [3.63, 3.8) is 0 Å². The molecule has 1 aliphatic carbocycles. The van der Waals surface area contributed by atoms with Gasteiger partial charge in [-0.1, -0.05) is 41.9 Å². The van der Waals surface area contributed by atoms with Crippen molar-refractivity contribution in [2.45, 2.75) is 19.3 Å². The van der Waals surface area contributed by atoms with Crippen molar-refractivity contribution in [3.05, 3.63) is 65.2 Å². The van der Waals surface area contributed by atoms with E-state index < -0.39 is 0 Å². The van der Waals surface area contributed by atoms with Gasteiger partial charge in [0.1, 0.15) is 0 Å². The Morgan fingerprint density at radius 1 is 0.960 bits per heavy atom. The summed E-state index contributed by atoms with van der Waals surface area (Å²) < 4.78 is 0. The van der Waals surface area contributed by atoms with Gasteiger partial charge in [0.2, 0.25) is 11.8 Å². The quantitative estimate of drug-likeness (QED) is 0.744. The van der Waals surface area contributed by atoms with Gasteiger partial charge < -0.3 is 10.6 Å². The standard InChI is InChI=1S/C20H21ClN2O2/c21-15-8-10-16(11-9-15)23-20(25)18-13-17(18)19(24)22-12-4-7-14-5-2-1-3-6-14/h1-3,5-6,8-11,17-18H,4,7,12-13H2,(H,22,24)(H,23,25). The molecule has 1 aliphatic rings. The van der Waals surface area contributed by atoms with Gasteiger partial charge in [0.15, 0.2) is 0 Å². The molecule has 130 valence electrons. The van der Waals surface area contributed by atoms with E-state index in [1.165, 1.54) is 5.56 Å². The summed E-state index contributed by atoms with van der Waals surface area (Å²) >= 11 is 5.82. The molecule has 0 spiro atoms. The van der Waals surface area contributed by atoms with Crippen molar-refractivity contribution < 1.29 is 9.59 Å². The van der Waals surface area contributed by atoms with Crippen LogP contribution < -0.4 is 10.6 Å². The first-order valence-corrected chi connectivity index (χ1v) is 8.89. The summed E-state index contributed by atoms with van der Waals surface area (Å²) in [5.74, 6) is -0.565. The zero-order chi connectivity index (χ0) is 17.6. The van der Waals surface area contributed by atoms with Crippen LogP contribution >= 0.6 is 11.6 Å². The second kappa shape index (κ2) is 8.17. The van der Waals surface area contributed by atoms with E-state index in [0.29, 0.717) is 23.7 Å². The molecule has 0 heterocycles. The van der Waals surface area contributed by atoms with E-state index >= 15 is 0 Å². The number of halogens is 1. The van der Waals surface area contributed by atoms with E-state index in [0.717, 1.165) is 12.8 Å². The van der Waals surface area contributed by atoms with Crippen LogP contribution in [0.25, 0.3) is 0 Å². The van der Waals surface area contributed by atoms with Gasteiger partial charge in [0.25, 0.3) is 0 Å². The molecule has 2 amide bonds. The number of hydrogen-bond acceptors (Lipinski definition) is 2. The number of rotatable bonds is 7. The maximum atomic E-state index is 12.2. The second-order valence-corrected chi connectivity index (χ2v) is 6.76. The van der Waals surface area contributed by atoms with Crippen molar-refractivity contribution >= 4 is 29.1 Å². The maximum Gasteiger partial charge on any atom is 0.228 e. The van der Waals surface area contributed by atoms with Gasteiger partial charge in [-0.3, -0.25) is 9.59 Å². The number of carbonyl (C=O) groups excluding carboxylic acids is 2. The minimum Gasteiger partial charge on any atom is -0.356 e. The molecule has 2 aromatic carbocycles. The summed E-state index contributed by atoms with van der Waals surface area (Å²) in [4.78, 5) is 24.3. The monoisotopic (exact) mass is 356 g/mol. The van der Waals surface area contributed by atoms with Crippen molar-refractivity contribution in [2.24, 2.45) is 11.8 Å². The lowest BCUT2D eigenvalue weighted by Gasteiger charge is -2.06. The van der Waals surface area contributed by atoms with Gasteiger partial charge in [-0.05, 0) is 49.1 Å². The maximum absolute atomic E-state index is 12.2. The van der Waals surface area contributed by atoms with E-state index in [9.17, 15) is 9.59 Å². The highest BCUT2D eigenvalue weighted by Crippen LogP contribution is 2.39. The Morgan fingerprint density at radius 2 is 1.64 bits per heavy atom. The van der Waals surface area contributed by atoms with Gasteiger partial charge in [0, 0.05) is 17.3 Å². The van der Waals surface area contributed by atoms with Crippen LogP contribution in [0.3, 0.4) is 0 Å². The fraction of sp³-hybridized carbons (Fsp3) is 0.300. The predicted molar refractivity (Wildman–Crippen MR) is 99.5 cm³/mol. The molecule has 1 saturated carbocycles. The van der Waals surface area contributed by atoms with Gasteiger partial charge in [-0.2, -0.15) is 0 Å². The molecular formula is C20H21ClN2O2. The largest absolute Gasteiger partial charge is 0.356 e. The normalized spacial score (nSPS) is 18.4. The van der Waals surface area contributed by atoms with Crippen molar-refractivity contribution in [3.8, 4) is 0 Å². The second-order valence-electron chi connectivity index (χ2n) is 6.33. The Balaban J connectivity index is 1.36. The highest BCUT2D eigenvalue weighted by Gasteiger charge is 2.47. The van der Waals surface area contributed by atoms with E-state index in [-0.39, 0.29) is 23.7 Å². The van der Waals surface area contributed by atoms with Crippen LogP contribution in [0.4, 0.5) is 5.69 Å². The smallest absolute Gasteiger partial charge is 0.228 e. The predicted octanol–water partition coefficient (Wildman–Crippen LogP) is 3.66. The molecular weight excluding hydrogens is 336 g/mol. The molecule has 0 bridgehead atoms. The van der Waals surface area contributed by atoms with E-state index in [1.54, 1.807) is 24.3 Å². The molecule has 25 heavy (non-hydrogen) atoms. The molecule has 2 aromatic rings. The molecule has 0 aliphatic heterocycles. The van der Waals surface area contributed by atoms with Crippen molar-refractivity contribution in [1.29, 1.82) is 0 Å². The molecule has 0 aromatic heterocycles. The van der Waals surface area contributed by atoms with Gasteiger partial charge >= 0.3 is 0 Å². The van der Waals surface area contributed by atoms with Crippen LogP contribution in [-0.4, -0.2) is 18.4 Å². The lowest BCUT2D eigenvalue weighted by molar-refractivity contribution is -0.125. The molecule has 5 heteroatoms. The molecule has 2 atom stereocenters. The van der Waals surface area contributed by atoms with Gasteiger partial charge in [-0.15, -0.1) is 0 Å². The van der Waals surface area contributed by atoms with Crippen molar-refractivity contribution in [1.82, 2.24) is 5.32 Å². The summed E-state index contributed by atoms with van der Waals surface area (Å²) in [7, 11) is 0. The fourth-order valence-electron chi connectivity index (χ4n) is 2.82. The zero-order valence-electron chi connectivity index (χ0n) is 13.9. The highest BCUT2D eigenvalue weighted by atomic mass is 35.5. The summed E-state index contributed by atoms with van der Waals surface area (Å²) in [6.45, 7) is 0.635. The average Bonchev–Trinajstić information content (AvgIpc) is 3.42. The van der Waals surface area contributed by atoms with E-state index in [2.05, 4.69) is 22.8 Å². The highest BCUT2D eigenvalue weighted by molar-refractivity contribution is 6.30. The number of hydrogen-bond donors (Lipinski definition) is 2. The molecule has 1 fully saturated rings. The Morgan fingerprint density at radius 3 is 2.36 bits per heavy atom. The summed E-state index contributed by atoms with van der Waals surface area (Å²) in [5, 5.41) is 6.38. The number of anilines is 1. The Bertz CT molecular complexity index is 731. The van der Waals surface area contributed by atoms with Crippen LogP contribution in [-0.2, 0) is 16.0 Å². The SMILES string of the molecule is O=C(NCCCc1ccccc1)C1CC1C(=O)Nc1ccc(Cl)cc1. The number of aryl methyl sites for hydroxylation is 1. The molecule has 0 radical (unpaired) electrons. The molecule has 3 rings (SSSR count). The summed E-state index contributed by atoms with van der Waals surface area (Å²) in [6, 6.07) is 17.1. The lowest BCUT2D eigenvalue weighted by Crippen LogP contribution is -2.28. The van der Waals surface area contributed by atoms with Crippen LogP contribution in [0, 0.1) is 11.8 Å². The fourth-order valence-corrected chi connectivity index (χ4v) is 2.95. The van der Waals surface area contributed by atoms with Crippen LogP contribution in [0.5, 0.6) is 0 Å². The molecule has 0 saturated heterocycles. The third-order valence-corrected chi connectivity index (χ3v) is 4.61. The first-order chi connectivity index (χ1) is 12.1. The van der Waals surface area contributed by atoms with Crippen LogP contribution in [0.1, 0.15) is 18.4 Å². The number of benzene rings is 2. The average molecular weight is 357 g/mol. The Kier molecular flexibility index (Phi) is 5.71. The van der Waals surface area contributed by atoms with Crippen molar-refractivity contribution in [2.75, 3.05) is 11.9 Å². The molecule has 2 unspecified atom stereocenters. The number of nitrogens with one attached hydrogen (secondary N) is 2. The zero-order valence-corrected chi connectivity index (χ0v) is 14.6. The Hall–Kier alpha value is -2.33.